The third kappa shape index (κ3) is 1.93. The van der Waals surface area contributed by atoms with Gasteiger partial charge in [-0.2, -0.15) is 0 Å². The van der Waals surface area contributed by atoms with Crippen LogP contribution in [-0.4, -0.2) is 11.7 Å². The Kier molecular flexibility index (Phi) is 2.46. The van der Waals surface area contributed by atoms with Crippen LogP contribution >= 0.6 is 0 Å². The summed E-state index contributed by atoms with van der Waals surface area (Å²) in [6.07, 6.45) is 0. The fourth-order valence-electron chi connectivity index (χ4n) is 1.16. The molecule has 0 unspecified atom stereocenters. The summed E-state index contributed by atoms with van der Waals surface area (Å²) in [6, 6.07) is 5.00. The van der Waals surface area contributed by atoms with Crippen molar-refractivity contribution in [2.75, 3.05) is 0 Å². The van der Waals surface area contributed by atoms with Crippen LogP contribution in [-0.2, 0) is 0 Å². The van der Waals surface area contributed by atoms with Crippen LogP contribution in [0.3, 0.4) is 0 Å². The molecule has 68 valence electrons. The van der Waals surface area contributed by atoms with Crippen molar-refractivity contribution in [3.63, 3.8) is 0 Å². The molecule has 3 nitrogen and oxygen atoms in total. The molecule has 2 N–H and O–H groups in total. The van der Waals surface area contributed by atoms with E-state index in [0.29, 0.717) is 5.56 Å². The minimum atomic E-state index is -0.565. The highest BCUT2D eigenvalue weighted by atomic mass is 16.1. The molecule has 0 aliphatic heterocycles. The molecule has 0 saturated heterocycles. The van der Waals surface area contributed by atoms with Gasteiger partial charge in [-0.05, 0) is 26.0 Å². The van der Waals surface area contributed by atoms with E-state index in [9.17, 15) is 9.59 Å². The number of Topliss-reactive ketones (excluding diaryl/α,β-unsaturated/α-hetero) is 1. The molecule has 0 bridgehead atoms. The molecule has 0 aromatic heterocycles. The minimum absolute atomic E-state index is 0.141. The van der Waals surface area contributed by atoms with E-state index in [4.69, 9.17) is 5.73 Å². The van der Waals surface area contributed by atoms with E-state index in [1.54, 1.807) is 18.2 Å². The third-order valence-corrected chi connectivity index (χ3v) is 1.82. The quantitative estimate of drug-likeness (QED) is 0.692. The molecule has 1 amide bonds. The maximum absolute atomic E-state index is 11.1. The van der Waals surface area contributed by atoms with Crippen molar-refractivity contribution in [3.05, 3.63) is 34.9 Å². The average Bonchev–Trinajstić information content (AvgIpc) is 2.03. The Hall–Kier alpha value is -1.64. The van der Waals surface area contributed by atoms with Crippen molar-refractivity contribution in [3.8, 4) is 0 Å². The Morgan fingerprint density at radius 2 is 1.85 bits per heavy atom. The number of benzene rings is 1. The van der Waals surface area contributed by atoms with Crippen LogP contribution in [0.25, 0.3) is 0 Å². The van der Waals surface area contributed by atoms with Crippen molar-refractivity contribution in [1.29, 1.82) is 0 Å². The zero-order chi connectivity index (χ0) is 10.0. The molecular formula is C10H11NO2. The Morgan fingerprint density at radius 3 is 2.31 bits per heavy atom. The van der Waals surface area contributed by atoms with Gasteiger partial charge in [0.05, 0.1) is 0 Å². The lowest BCUT2D eigenvalue weighted by molar-refractivity contribution is 0.0973. The lowest BCUT2D eigenvalue weighted by Crippen LogP contribution is -2.15. The van der Waals surface area contributed by atoms with Crippen LogP contribution < -0.4 is 5.73 Å². The average molecular weight is 177 g/mol. The molecule has 0 aliphatic rings. The van der Waals surface area contributed by atoms with Gasteiger partial charge >= 0.3 is 0 Å². The summed E-state index contributed by atoms with van der Waals surface area (Å²) >= 11 is 0. The molecule has 0 spiro atoms. The van der Waals surface area contributed by atoms with E-state index < -0.39 is 5.91 Å². The molecular weight excluding hydrogens is 166 g/mol. The Labute approximate surface area is 76.6 Å². The van der Waals surface area contributed by atoms with Crippen LogP contribution in [0.5, 0.6) is 0 Å². The molecule has 0 aliphatic carbocycles. The van der Waals surface area contributed by atoms with Gasteiger partial charge in [0.1, 0.15) is 0 Å². The number of amides is 1. The predicted octanol–water partition coefficient (Wildman–Crippen LogP) is 1.30. The van der Waals surface area contributed by atoms with Crippen molar-refractivity contribution in [2.24, 2.45) is 5.73 Å². The molecule has 1 aromatic rings. The number of hydrogen-bond acceptors (Lipinski definition) is 2. The van der Waals surface area contributed by atoms with E-state index in [1.807, 2.05) is 6.92 Å². The van der Waals surface area contributed by atoms with Gasteiger partial charge in [-0.3, -0.25) is 9.59 Å². The van der Waals surface area contributed by atoms with E-state index in [2.05, 4.69) is 0 Å². The Balaban J connectivity index is 3.35. The smallest absolute Gasteiger partial charge is 0.249 e. The highest BCUT2D eigenvalue weighted by molar-refractivity contribution is 6.06. The molecule has 0 fully saturated rings. The number of primary amides is 1. The highest BCUT2D eigenvalue weighted by Gasteiger charge is 2.10. The van der Waals surface area contributed by atoms with Crippen LogP contribution in [0.15, 0.2) is 18.2 Å². The maximum Gasteiger partial charge on any atom is 0.249 e. The molecule has 13 heavy (non-hydrogen) atoms. The summed E-state index contributed by atoms with van der Waals surface area (Å²) in [4.78, 5) is 22.0. The zero-order valence-corrected chi connectivity index (χ0v) is 7.63. The van der Waals surface area contributed by atoms with Crippen molar-refractivity contribution in [1.82, 2.24) is 0 Å². The first-order valence-electron chi connectivity index (χ1n) is 3.93. The van der Waals surface area contributed by atoms with Gasteiger partial charge in [0, 0.05) is 11.1 Å². The van der Waals surface area contributed by atoms with Crippen molar-refractivity contribution < 1.29 is 9.59 Å². The van der Waals surface area contributed by atoms with Crippen LogP contribution in [0.2, 0.25) is 0 Å². The monoisotopic (exact) mass is 177 g/mol. The van der Waals surface area contributed by atoms with Gasteiger partial charge in [0.2, 0.25) is 5.91 Å². The van der Waals surface area contributed by atoms with Gasteiger partial charge < -0.3 is 5.73 Å². The largest absolute Gasteiger partial charge is 0.366 e. The number of aryl methyl sites for hydroxylation is 1. The van der Waals surface area contributed by atoms with Gasteiger partial charge in [0.25, 0.3) is 0 Å². The third-order valence-electron chi connectivity index (χ3n) is 1.82. The van der Waals surface area contributed by atoms with Crippen LogP contribution in [0.1, 0.15) is 33.2 Å². The maximum atomic E-state index is 11.1. The molecule has 0 saturated carbocycles. The lowest BCUT2D eigenvalue weighted by atomic mass is 10.0. The second kappa shape index (κ2) is 3.39. The number of carbonyl (C=O) groups is 2. The van der Waals surface area contributed by atoms with E-state index in [1.165, 1.54) is 6.92 Å². The molecule has 1 aromatic carbocycles. The summed E-state index contributed by atoms with van der Waals surface area (Å²) in [5.74, 6) is -0.706. The number of nitrogens with two attached hydrogens (primary N) is 1. The number of carbonyl (C=O) groups excluding carboxylic acids is 2. The summed E-state index contributed by atoms with van der Waals surface area (Å²) in [6.45, 7) is 3.28. The first kappa shape index (κ1) is 9.45. The fourth-order valence-corrected chi connectivity index (χ4v) is 1.16. The van der Waals surface area contributed by atoms with Crippen molar-refractivity contribution >= 4 is 11.7 Å². The number of rotatable bonds is 2. The second-order valence-corrected chi connectivity index (χ2v) is 2.97. The van der Waals surface area contributed by atoms with Gasteiger partial charge in [-0.25, -0.2) is 0 Å². The minimum Gasteiger partial charge on any atom is -0.366 e. The first-order chi connectivity index (χ1) is 6.02. The van der Waals surface area contributed by atoms with E-state index in [-0.39, 0.29) is 11.3 Å². The normalized spacial score (nSPS) is 9.69. The second-order valence-electron chi connectivity index (χ2n) is 2.97. The van der Waals surface area contributed by atoms with E-state index in [0.717, 1.165) is 5.56 Å². The Bertz CT molecular complexity index is 369. The Morgan fingerprint density at radius 1 is 1.23 bits per heavy atom. The number of hydrogen-bond donors (Lipinski definition) is 1. The molecule has 0 atom stereocenters. The van der Waals surface area contributed by atoms with Crippen molar-refractivity contribution in [2.45, 2.75) is 13.8 Å². The van der Waals surface area contributed by atoms with Gasteiger partial charge in [-0.15, -0.1) is 0 Å². The molecule has 3 heteroatoms. The highest BCUT2D eigenvalue weighted by Crippen LogP contribution is 2.11. The molecule has 0 radical (unpaired) electrons. The fraction of sp³-hybridized carbons (Fsp3) is 0.200. The summed E-state index contributed by atoms with van der Waals surface area (Å²) in [7, 11) is 0. The van der Waals surface area contributed by atoms with Crippen LogP contribution in [0, 0.1) is 6.92 Å². The first-order valence-corrected chi connectivity index (χ1v) is 3.93. The standard InChI is InChI=1S/C10H11NO2/c1-6-3-4-8(10(11)13)9(5-6)7(2)12/h3-5H,1-2H3,(H2,11,13). The number of ketones is 1. The molecule has 0 heterocycles. The zero-order valence-electron chi connectivity index (χ0n) is 7.63. The SMILES string of the molecule is CC(=O)c1cc(C)ccc1C(N)=O. The predicted molar refractivity (Wildman–Crippen MR) is 49.7 cm³/mol. The van der Waals surface area contributed by atoms with Crippen LogP contribution in [0.4, 0.5) is 0 Å². The van der Waals surface area contributed by atoms with E-state index >= 15 is 0 Å². The lowest BCUT2D eigenvalue weighted by Gasteiger charge is -2.03. The molecule has 1 rings (SSSR count). The topological polar surface area (TPSA) is 60.2 Å². The summed E-state index contributed by atoms with van der Waals surface area (Å²) in [5.41, 5.74) is 6.74. The van der Waals surface area contributed by atoms with Gasteiger partial charge in [0.15, 0.2) is 5.78 Å². The summed E-state index contributed by atoms with van der Waals surface area (Å²) in [5, 5.41) is 0. The van der Waals surface area contributed by atoms with Gasteiger partial charge in [-0.1, -0.05) is 11.6 Å². The summed E-state index contributed by atoms with van der Waals surface area (Å²) < 4.78 is 0.